The Kier molecular flexibility index (Phi) is 2.94. The van der Waals surface area contributed by atoms with Gasteiger partial charge in [-0.2, -0.15) is 5.10 Å². The van der Waals surface area contributed by atoms with Crippen LogP contribution in [0, 0.1) is 0 Å². The first kappa shape index (κ1) is 12.1. The van der Waals surface area contributed by atoms with Crippen LogP contribution < -0.4 is 11.1 Å². The Balaban J connectivity index is 1.83. The van der Waals surface area contributed by atoms with Crippen molar-refractivity contribution in [2.24, 2.45) is 7.05 Å². The molecule has 1 aromatic heterocycles. The minimum Gasteiger partial charge on any atom is -0.394 e. The standard InChI is InChI=1S/C13H14N4OS/c1-17-12(10(14)6-15-17)16-13(18)9-7-19-11-5-3-2-4-8(9)11/h2-6,9H,7,14H2,1H3,(H,16,18). The molecule has 0 bridgehead atoms. The molecule has 2 heterocycles. The summed E-state index contributed by atoms with van der Waals surface area (Å²) in [6, 6.07) is 8.01. The summed E-state index contributed by atoms with van der Waals surface area (Å²) >= 11 is 1.71. The van der Waals surface area contributed by atoms with Crippen molar-refractivity contribution in [1.29, 1.82) is 0 Å². The second kappa shape index (κ2) is 4.62. The molecule has 2 aromatic rings. The molecule has 1 aliphatic rings. The van der Waals surface area contributed by atoms with Gasteiger partial charge < -0.3 is 11.1 Å². The van der Waals surface area contributed by atoms with E-state index >= 15 is 0 Å². The summed E-state index contributed by atoms with van der Waals surface area (Å²) in [5.41, 5.74) is 7.35. The number of nitrogens with one attached hydrogen (secondary N) is 1. The summed E-state index contributed by atoms with van der Waals surface area (Å²) in [5.74, 6) is 1.16. The van der Waals surface area contributed by atoms with Gasteiger partial charge in [-0.15, -0.1) is 11.8 Å². The molecule has 1 aromatic carbocycles. The van der Waals surface area contributed by atoms with E-state index in [1.807, 2.05) is 24.3 Å². The third-order valence-corrected chi connectivity index (χ3v) is 4.41. The van der Waals surface area contributed by atoms with Gasteiger partial charge in [0.25, 0.3) is 0 Å². The van der Waals surface area contributed by atoms with E-state index < -0.39 is 0 Å². The van der Waals surface area contributed by atoms with Gasteiger partial charge >= 0.3 is 0 Å². The van der Waals surface area contributed by atoms with E-state index in [9.17, 15) is 4.79 Å². The molecule has 1 unspecified atom stereocenters. The molecule has 3 rings (SSSR count). The molecule has 5 nitrogen and oxygen atoms in total. The molecule has 0 saturated heterocycles. The molecular formula is C13H14N4OS. The average molecular weight is 274 g/mol. The molecule has 0 aliphatic carbocycles. The predicted octanol–water partition coefficient (Wildman–Crippen LogP) is 1.83. The minimum atomic E-state index is -0.129. The van der Waals surface area contributed by atoms with Crippen LogP contribution in [0.2, 0.25) is 0 Å². The van der Waals surface area contributed by atoms with Gasteiger partial charge in [-0.3, -0.25) is 9.48 Å². The van der Waals surface area contributed by atoms with E-state index in [0.717, 1.165) is 11.3 Å². The van der Waals surface area contributed by atoms with Crippen molar-refractivity contribution in [3.63, 3.8) is 0 Å². The predicted molar refractivity (Wildman–Crippen MR) is 76.2 cm³/mol. The lowest BCUT2D eigenvalue weighted by Gasteiger charge is -2.12. The number of hydrogen-bond donors (Lipinski definition) is 2. The highest BCUT2D eigenvalue weighted by molar-refractivity contribution is 7.99. The van der Waals surface area contributed by atoms with Crippen LogP contribution in [0.1, 0.15) is 11.5 Å². The van der Waals surface area contributed by atoms with Crippen LogP contribution in [0.4, 0.5) is 11.5 Å². The average Bonchev–Trinajstić information content (AvgIpc) is 2.97. The largest absolute Gasteiger partial charge is 0.394 e. The molecule has 0 spiro atoms. The van der Waals surface area contributed by atoms with Crippen molar-refractivity contribution in [2.75, 3.05) is 16.8 Å². The Morgan fingerprint density at radius 3 is 3.05 bits per heavy atom. The summed E-state index contributed by atoms with van der Waals surface area (Å²) in [4.78, 5) is 13.5. The van der Waals surface area contributed by atoms with E-state index in [2.05, 4.69) is 10.4 Å². The molecule has 0 saturated carbocycles. The van der Waals surface area contributed by atoms with Gasteiger partial charge in [0.15, 0.2) is 5.82 Å². The lowest BCUT2D eigenvalue weighted by molar-refractivity contribution is -0.117. The van der Waals surface area contributed by atoms with Crippen LogP contribution in [-0.4, -0.2) is 21.4 Å². The maximum absolute atomic E-state index is 12.4. The molecule has 0 fully saturated rings. The molecule has 98 valence electrons. The van der Waals surface area contributed by atoms with Crippen LogP contribution >= 0.6 is 11.8 Å². The molecule has 1 amide bonds. The number of hydrogen-bond acceptors (Lipinski definition) is 4. The van der Waals surface area contributed by atoms with Crippen molar-refractivity contribution < 1.29 is 4.79 Å². The van der Waals surface area contributed by atoms with Crippen molar-refractivity contribution in [1.82, 2.24) is 9.78 Å². The number of benzene rings is 1. The van der Waals surface area contributed by atoms with E-state index in [4.69, 9.17) is 5.73 Å². The lowest BCUT2D eigenvalue weighted by Crippen LogP contribution is -2.23. The molecule has 6 heteroatoms. The molecule has 1 aliphatic heterocycles. The maximum atomic E-state index is 12.4. The monoisotopic (exact) mass is 274 g/mol. The Hall–Kier alpha value is -1.95. The number of nitrogens with zero attached hydrogens (tertiary/aromatic N) is 2. The Labute approximate surface area is 115 Å². The first-order chi connectivity index (χ1) is 9.16. The summed E-state index contributed by atoms with van der Waals surface area (Å²) in [6.07, 6.45) is 1.53. The second-order valence-corrected chi connectivity index (χ2v) is 5.52. The highest BCUT2D eigenvalue weighted by Gasteiger charge is 2.29. The number of anilines is 2. The SMILES string of the molecule is Cn1ncc(N)c1NC(=O)C1CSc2ccccc21. The fraction of sp³-hybridized carbons (Fsp3) is 0.231. The third-order valence-electron chi connectivity index (χ3n) is 3.23. The van der Waals surface area contributed by atoms with Gasteiger partial charge in [0.2, 0.25) is 5.91 Å². The van der Waals surface area contributed by atoms with Crippen molar-refractivity contribution >= 4 is 29.2 Å². The third kappa shape index (κ3) is 2.08. The van der Waals surface area contributed by atoms with E-state index in [0.29, 0.717) is 11.5 Å². The maximum Gasteiger partial charge on any atom is 0.234 e. The summed E-state index contributed by atoms with van der Waals surface area (Å²) < 4.78 is 1.57. The normalized spacial score (nSPS) is 17.2. The first-order valence-electron chi connectivity index (χ1n) is 5.97. The number of fused-ring (bicyclic) bond motifs is 1. The quantitative estimate of drug-likeness (QED) is 0.876. The molecule has 1 atom stereocenters. The van der Waals surface area contributed by atoms with Crippen LogP contribution in [0.3, 0.4) is 0 Å². The number of carbonyl (C=O) groups excluding carboxylic acids is 1. The number of amides is 1. The highest BCUT2D eigenvalue weighted by atomic mass is 32.2. The van der Waals surface area contributed by atoms with E-state index in [-0.39, 0.29) is 11.8 Å². The second-order valence-electron chi connectivity index (χ2n) is 4.46. The number of nitrogen functional groups attached to an aromatic ring is 1. The van der Waals surface area contributed by atoms with Crippen LogP contribution in [0.25, 0.3) is 0 Å². The molecular weight excluding hydrogens is 260 g/mol. The van der Waals surface area contributed by atoms with Gasteiger partial charge in [0.05, 0.1) is 17.8 Å². The lowest BCUT2D eigenvalue weighted by atomic mass is 10.0. The number of rotatable bonds is 2. The highest BCUT2D eigenvalue weighted by Crippen LogP contribution is 2.39. The zero-order valence-electron chi connectivity index (χ0n) is 10.5. The number of aryl methyl sites for hydroxylation is 1. The zero-order valence-corrected chi connectivity index (χ0v) is 11.3. The summed E-state index contributed by atoms with van der Waals surface area (Å²) in [5, 5.41) is 6.88. The van der Waals surface area contributed by atoms with E-state index in [1.54, 1.807) is 23.5 Å². The fourth-order valence-corrected chi connectivity index (χ4v) is 3.42. The first-order valence-corrected chi connectivity index (χ1v) is 6.95. The number of aromatic nitrogens is 2. The van der Waals surface area contributed by atoms with E-state index in [1.165, 1.54) is 11.1 Å². The molecule has 0 radical (unpaired) electrons. The van der Waals surface area contributed by atoms with Crippen LogP contribution in [0.15, 0.2) is 35.4 Å². The van der Waals surface area contributed by atoms with Crippen molar-refractivity contribution in [2.45, 2.75) is 10.8 Å². The smallest absolute Gasteiger partial charge is 0.234 e. The van der Waals surface area contributed by atoms with Gasteiger partial charge in [0, 0.05) is 17.7 Å². The topological polar surface area (TPSA) is 72.9 Å². The van der Waals surface area contributed by atoms with Gasteiger partial charge in [0.1, 0.15) is 0 Å². The fourth-order valence-electron chi connectivity index (χ4n) is 2.19. The Morgan fingerprint density at radius 2 is 2.32 bits per heavy atom. The Morgan fingerprint density at radius 1 is 1.53 bits per heavy atom. The number of nitrogens with two attached hydrogens (primary N) is 1. The van der Waals surface area contributed by atoms with Crippen LogP contribution in [0.5, 0.6) is 0 Å². The van der Waals surface area contributed by atoms with Gasteiger partial charge in [-0.05, 0) is 11.6 Å². The van der Waals surface area contributed by atoms with Crippen LogP contribution in [-0.2, 0) is 11.8 Å². The summed E-state index contributed by atoms with van der Waals surface area (Å²) in [7, 11) is 1.75. The van der Waals surface area contributed by atoms with Crippen molar-refractivity contribution in [3.05, 3.63) is 36.0 Å². The molecule has 3 N–H and O–H groups in total. The number of thioether (sulfide) groups is 1. The Bertz CT molecular complexity index is 618. The van der Waals surface area contributed by atoms with Gasteiger partial charge in [-0.1, -0.05) is 18.2 Å². The van der Waals surface area contributed by atoms with Gasteiger partial charge in [-0.25, -0.2) is 0 Å². The summed E-state index contributed by atoms with van der Waals surface area (Å²) in [6.45, 7) is 0. The van der Waals surface area contributed by atoms with Crippen molar-refractivity contribution in [3.8, 4) is 0 Å². The molecule has 19 heavy (non-hydrogen) atoms. The zero-order chi connectivity index (χ0) is 13.4. The minimum absolute atomic E-state index is 0.0345. The number of carbonyl (C=O) groups is 1.